The molecule has 6 nitrogen and oxygen atoms in total. The van der Waals surface area contributed by atoms with E-state index in [2.05, 4.69) is 0 Å². The lowest BCUT2D eigenvalue weighted by Crippen LogP contribution is -2.37. The van der Waals surface area contributed by atoms with E-state index in [1.807, 2.05) is 84.9 Å². The molecule has 37 heavy (non-hydrogen) atoms. The van der Waals surface area contributed by atoms with Gasteiger partial charge in [-0.1, -0.05) is 78.3 Å². The smallest absolute Gasteiger partial charge is 0.266 e. The second-order valence-corrected chi connectivity index (χ2v) is 9.43. The highest BCUT2D eigenvalue weighted by atomic mass is 35.5. The molecule has 0 aromatic heterocycles. The molecule has 7 heteroatoms. The third-order valence-electron chi connectivity index (χ3n) is 6.66. The third kappa shape index (κ3) is 4.35. The summed E-state index contributed by atoms with van der Waals surface area (Å²) < 4.78 is 5.95. The molecule has 2 fully saturated rings. The number of anilines is 2. The number of nitrogens with zero attached hydrogens (tertiary/aromatic N) is 2. The Bertz CT molecular complexity index is 1430. The molecule has 2 heterocycles. The van der Waals surface area contributed by atoms with E-state index in [1.54, 1.807) is 29.3 Å². The van der Waals surface area contributed by atoms with Gasteiger partial charge in [0.1, 0.15) is 18.3 Å². The number of hydrogen-bond donors (Lipinski definition) is 0. The molecule has 0 aliphatic carbocycles. The van der Waals surface area contributed by atoms with Crippen LogP contribution in [0, 0.1) is 5.92 Å². The van der Waals surface area contributed by atoms with Gasteiger partial charge in [0.05, 0.1) is 17.4 Å². The van der Waals surface area contributed by atoms with Crippen LogP contribution in [0.3, 0.4) is 0 Å². The molecule has 184 valence electrons. The molecule has 4 aromatic carbocycles. The maximum atomic E-state index is 13.7. The zero-order valence-corrected chi connectivity index (χ0v) is 20.5. The molecule has 3 atom stereocenters. The highest BCUT2D eigenvalue weighted by molar-refractivity contribution is 6.31. The number of amides is 2. The highest BCUT2D eigenvalue weighted by Crippen LogP contribution is 2.47. The molecule has 0 spiro atoms. The van der Waals surface area contributed by atoms with Crippen LogP contribution in [0.5, 0.6) is 5.75 Å². The Hall–Kier alpha value is -4.13. The van der Waals surface area contributed by atoms with Gasteiger partial charge < -0.3 is 4.74 Å². The van der Waals surface area contributed by atoms with Crippen molar-refractivity contribution in [3.8, 4) is 5.75 Å². The Morgan fingerprint density at radius 2 is 1.43 bits per heavy atom. The van der Waals surface area contributed by atoms with E-state index in [4.69, 9.17) is 21.2 Å². The summed E-state index contributed by atoms with van der Waals surface area (Å²) in [4.78, 5) is 34.5. The van der Waals surface area contributed by atoms with E-state index in [1.165, 1.54) is 4.90 Å². The van der Waals surface area contributed by atoms with Crippen molar-refractivity contribution in [2.24, 2.45) is 5.92 Å². The Morgan fingerprint density at radius 1 is 0.757 bits per heavy atom. The standard InChI is InChI=1S/C30H23ClN2O4/c31-22-10-7-13-24(18-22)32-29(34)26-27(33(37-28(26)30(32)35)23-11-5-2-6-12-23)21-14-16-25(17-15-21)36-19-20-8-3-1-4-9-20/h1-18,26-28H,19H2/t26-,27-,28-/m0/s1. The second-order valence-electron chi connectivity index (χ2n) is 8.99. The van der Waals surface area contributed by atoms with Gasteiger partial charge in [0.2, 0.25) is 5.91 Å². The fraction of sp³-hybridized carbons (Fsp3) is 0.133. The van der Waals surface area contributed by atoms with Crippen molar-refractivity contribution in [1.29, 1.82) is 0 Å². The first kappa shape index (κ1) is 23.3. The van der Waals surface area contributed by atoms with Crippen molar-refractivity contribution in [3.05, 3.63) is 125 Å². The lowest BCUT2D eigenvalue weighted by Gasteiger charge is -2.29. The van der Waals surface area contributed by atoms with Crippen molar-refractivity contribution >= 4 is 34.8 Å². The number of fused-ring (bicyclic) bond motifs is 1. The van der Waals surface area contributed by atoms with E-state index in [0.29, 0.717) is 23.1 Å². The lowest BCUT2D eigenvalue weighted by molar-refractivity contribution is -0.126. The van der Waals surface area contributed by atoms with E-state index in [9.17, 15) is 9.59 Å². The predicted molar refractivity (Wildman–Crippen MR) is 141 cm³/mol. The normalized spacial score (nSPS) is 20.8. The van der Waals surface area contributed by atoms with Gasteiger partial charge in [-0.2, -0.15) is 0 Å². The van der Waals surface area contributed by atoms with E-state index < -0.39 is 24.0 Å². The molecule has 2 saturated heterocycles. The summed E-state index contributed by atoms with van der Waals surface area (Å²) in [5.74, 6) is -0.722. The van der Waals surface area contributed by atoms with Gasteiger partial charge in [0.25, 0.3) is 5.91 Å². The molecule has 2 amide bonds. The summed E-state index contributed by atoms with van der Waals surface area (Å²) >= 11 is 6.15. The minimum Gasteiger partial charge on any atom is -0.489 e. The Labute approximate surface area is 219 Å². The summed E-state index contributed by atoms with van der Waals surface area (Å²) in [6.45, 7) is 0.454. The first-order valence-corrected chi connectivity index (χ1v) is 12.4. The average molecular weight is 511 g/mol. The summed E-state index contributed by atoms with van der Waals surface area (Å²) in [5.41, 5.74) is 3.12. The molecule has 0 N–H and O–H groups in total. The second kappa shape index (κ2) is 9.73. The summed E-state index contributed by atoms with van der Waals surface area (Å²) in [5, 5.41) is 2.13. The fourth-order valence-electron chi connectivity index (χ4n) is 4.92. The van der Waals surface area contributed by atoms with Gasteiger partial charge in [0, 0.05) is 5.02 Å². The van der Waals surface area contributed by atoms with E-state index in [0.717, 1.165) is 16.8 Å². The zero-order chi connectivity index (χ0) is 25.4. The molecule has 0 unspecified atom stereocenters. The summed E-state index contributed by atoms with van der Waals surface area (Å²) in [7, 11) is 0. The predicted octanol–water partition coefficient (Wildman–Crippen LogP) is 5.97. The van der Waals surface area contributed by atoms with Gasteiger partial charge in [0.15, 0.2) is 6.10 Å². The maximum absolute atomic E-state index is 13.7. The van der Waals surface area contributed by atoms with Crippen LogP contribution in [0.4, 0.5) is 11.4 Å². The molecule has 4 aromatic rings. The van der Waals surface area contributed by atoms with Crippen LogP contribution in [-0.4, -0.2) is 17.9 Å². The molecular weight excluding hydrogens is 488 g/mol. The molecule has 0 bridgehead atoms. The molecule has 2 aliphatic rings. The third-order valence-corrected chi connectivity index (χ3v) is 6.90. The molecule has 0 radical (unpaired) electrons. The van der Waals surface area contributed by atoms with Crippen molar-refractivity contribution in [3.63, 3.8) is 0 Å². The Morgan fingerprint density at radius 3 is 2.14 bits per heavy atom. The number of rotatable bonds is 6. The fourth-order valence-corrected chi connectivity index (χ4v) is 5.11. The van der Waals surface area contributed by atoms with Crippen LogP contribution in [0.1, 0.15) is 17.2 Å². The van der Waals surface area contributed by atoms with Crippen molar-refractivity contribution < 1.29 is 19.2 Å². The minimum absolute atomic E-state index is 0.315. The minimum atomic E-state index is -0.939. The molecule has 6 rings (SSSR count). The van der Waals surface area contributed by atoms with Crippen molar-refractivity contribution in [2.75, 3.05) is 9.96 Å². The lowest BCUT2D eigenvalue weighted by atomic mass is 9.90. The number of imide groups is 1. The number of ether oxygens (including phenoxy) is 1. The summed E-state index contributed by atoms with van der Waals surface area (Å²) in [6, 6.07) is 33.3. The van der Waals surface area contributed by atoms with Gasteiger partial charge in [-0.05, 0) is 53.6 Å². The number of hydrogen-bond acceptors (Lipinski definition) is 5. The first-order chi connectivity index (χ1) is 18.1. The quantitative estimate of drug-likeness (QED) is 0.299. The number of hydroxylamine groups is 1. The molecular formula is C30H23ClN2O4. The van der Waals surface area contributed by atoms with Crippen LogP contribution in [0.25, 0.3) is 0 Å². The number of benzene rings is 4. The molecule has 0 saturated carbocycles. The first-order valence-electron chi connectivity index (χ1n) is 12.0. The largest absolute Gasteiger partial charge is 0.489 e. The van der Waals surface area contributed by atoms with E-state index in [-0.39, 0.29) is 5.91 Å². The van der Waals surface area contributed by atoms with Crippen LogP contribution in [0.2, 0.25) is 5.02 Å². The van der Waals surface area contributed by atoms with Crippen molar-refractivity contribution in [2.45, 2.75) is 18.8 Å². The van der Waals surface area contributed by atoms with Gasteiger partial charge >= 0.3 is 0 Å². The highest BCUT2D eigenvalue weighted by Gasteiger charge is 2.60. The number of para-hydroxylation sites is 1. The SMILES string of the molecule is O=C1[C@@H]2[C@H](ON(c3ccccc3)[C@H]2c2ccc(OCc3ccccc3)cc2)C(=O)N1c1cccc(Cl)c1. The van der Waals surface area contributed by atoms with Gasteiger partial charge in [-0.15, -0.1) is 0 Å². The number of halogens is 1. The van der Waals surface area contributed by atoms with Gasteiger partial charge in [-0.25, -0.2) is 9.96 Å². The average Bonchev–Trinajstić information content (AvgIpc) is 3.44. The summed E-state index contributed by atoms with van der Waals surface area (Å²) in [6.07, 6.45) is -0.939. The zero-order valence-electron chi connectivity index (χ0n) is 19.7. The Balaban J connectivity index is 1.32. The number of carbonyl (C=O) groups is 2. The van der Waals surface area contributed by atoms with Crippen molar-refractivity contribution in [1.82, 2.24) is 0 Å². The topological polar surface area (TPSA) is 59.1 Å². The van der Waals surface area contributed by atoms with Crippen LogP contribution in [-0.2, 0) is 21.0 Å². The van der Waals surface area contributed by atoms with Crippen LogP contribution < -0.4 is 14.7 Å². The van der Waals surface area contributed by atoms with E-state index >= 15 is 0 Å². The molecule has 2 aliphatic heterocycles. The Kier molecular flexibility index (Phi) is 6.12. The monoisotopic (exact) mass is 510 g/mol. The van der Waals surface area contributed by atoms with Gasteiger partial charge in [-0.3, -0.25) is 14.4 Å². The van der Waals surface area contributed by atoms with Crippen LogP contribution in [0.15, 0.2) is 109 Å². The maximum Gasteiger partial charge on any atom is 0.266 e. The van der Waals surface area contributed by atoms with Crippen LogP contribution >= 0.6 is 11.6 Å². The number of carbonyl (C=O) groups excluding carboxylic acids is 2.